The zero-order valence-corrected chi connectivity index (χ0v) is 13.9. The number of hydrogen-bond acceptors (Lipinski definition) is 7. The summed E-state index contributed by atoms with van der Waals surface area (Å²) in [5.74, 6) is -1.28. The molecule has 0 aliphatic carbocycles. The number of carbonyl (C=O) groups excluding carboxylic acids is 2. The van der Waals surface area contributed by atoms with E-state index >= 15 is 0 Å². The Kier molecular flexibility index (Phi) is 5.05. The molecule has 1 unspecified atom stereocenters. The first-order chi connectivity index (χ1) is 12.0. The van der Waals surface area contributed by atoms with Gasteiger partial charge in [0.2, 0.25) is 5.13 Å². The molecule has 1 aliphatic heterocycles. The van der Waals surface area contributed by atoms with Gasteiger partial charge in [0.25, 0.3) is 5.91 Å². The number of carbonyl (C=O) groups is 2. The second-order valence-electron chi connectivity index (χ2n) is 5.15. The fourth-order valence-corrected chi connectivity index (χ4v) is 2.59. The molecule has 0 fully saturated rings. The highest BCUT2D eigenvalue weighted by molar-refractivity contribution is 7.15. The molecule has 0 spiro atoms. The molecule has 0 radical (unpaired) electrons. The van der Waals surface area contributed by atoms with Crippen LogP contribution in [0.1, 0.15) is 10.6 Å². The minimum atomic E-state index is -0.884. The number of nitrogens with one attached hydrogen (secondary N) is 1. The second-order valence-corrected chi connectivity index (χ2v) is 6.33. The number of nitrogens with zero attached hydrogens (tertiary/aromatic N) is 3. The van der Waals surface area contributed by atoms with Gasteiger partial charge in [0.15, 0.2) is 11.9 Å². The van der Waals surface area contributed by atoms with E-state index in [2.05, 4.69) is 20.5 Å². The highest BCUT2D eigenvalue weighted by atomic mass is 32.1. The van der Waals surface area contributed by atoms with Crippen molar-refractivity contribution in [3.63, 3.8) is 0 Å². The van der Waals surface area contributed by atoms with Crippen LogP contribution in [0.25, 0.3) is 0 Å². The third-order valence-electron chi connectivity index (χ3n) is 3.23. The number of benzene rings is 1. The zero-order chi connectivity index (χ0) is 17.8. The minimum absolute atomic E-state index is 0.0283. The van der Waals surface area contributed by atoms with Crippen LogP contribution in [0.2, 0.25) is 0 Å². The highest BCUT2D eigenvalue weighted by Gasteiger charge is 2.23. The van der Waals surface area contributed by atoms with Gasteiger partial charge in [-0.25, -0.2) is 4.39 Å². The molecule has 1 aliphatic rings. The van der Waals surface area contributed by atoms with E-state index < -0.39 is 17.8 Å². The number of halogens is 1. The number of ether oxygens (including phenoxy) is 1. The molecule has 1 N–H and O–H groups in total. The Labute approximate surface area is 146 Å². The molecular weight excluding hydrogens is 347 g/mol. The van der Waals surface area contributed by atoms with Gasteiger partial charge in [-0.05, 0) is 24.6 Å². The SMILES string of the molecule is Cc1nnc(NC(=O)C2=CC(=O)C(OCc3ccc(F)cc3)C=N2)s1. The van der Waals surface area contributed by atoms with Crippen LogP contribution in [0.3, 0.4) is 0 Å². The van der Waals surface area contributed by atoms with Crippen molar-refractivity contribution in [2.45, 2.75) is 19.6 Å². The van der Waals surface area contributed by atoms with Crippen molar-refractivity contribution in [1.82, 2.24) is 10.2 Å². The highest BCUT2D eigenvalue weighted by Crippen LogP contribution is 2.16. The zero-order valence-electron chi connectivity index (χ0n) is 13.1. The predicted octanol–water partition coefficient (Wildman–Crippen LogP) is 2.05. The van der Waals surface area contributed by atoms with Crippen LogP contribution in [-0.4, -0.2) is 34.2 Å². The maximum absolute atomic E-state index is 12.9. The van der Waals surface area contributed by atoms with Crippen LogP contribution in [0.4, 0.5) is 9.52 Å². The first kappa shape index (κ1) is 17.1. The summed E-state index contributed by atoms with van der Waals surface area (Å²) >= 11 is 1.22. The Balaban J connectivity index is 1.57. The standard InChI is InChI=1S/C16H13FN4O3S/c1-9-20-21-16(25-9)19-15(23)12-6-13(22)14(7-18-12)24-8-10-2-4-11(17)5-3-10/h2-7,14H,8H2,1H3,(H,19,21,23). The summed E-state index contributed by atoms with van der Waals surface area (Å²) in [5.41, 5.74) is 0.696. The summed E-state index contributed by atoms with van der Waals surface area (Å²) in [6, 6.07) is 5.76. The molecule has 1 amide bonds. The number of aryl methyl sites for hydroxylation is 1. The third-order valence-corrected chi connectivity index (χ3v) is 3.98. The van der Waals surface area contributed by atoms with Gasteiger partial charge in [-0.3, -0.25) is 19.9 Å². The lowest BCUT2D eigenvalue weighted by Crippen LogP contribution is -2.29. The quantitative estimate of drug-likeness (QED) is 0.881. The lowest BCUT2D eigenvalue weighted by molar-refractivity contribution is -0.123. The van der Waals surface area contributed by atoms with Crippen LogP contribution >= 0.6 is 11.3 Å². The third kappa shape index (κ3) is 4.40. The summed E-state index contributed by atoms with van der Waals surface area (Å²) in [5, 5.41) is 11.1. The van der Waals surface area contributed by atoms with Crippen LogP contribution in [0, 0.1) is 12.7 Å². The summed E-state index contributed by atoms with van der Waals surface area (Å²) in [7, 11) is 0. The summed E-state index contributed by atoms with van der Waals surface area (Å²) in [6.45, 7) is 1.89. The summed E-state index contributed by atoms with van der Waals surface area (Å²) < 4.78 is 18.3. The van der Waals surface area contributed by atoms with Gasteiger partial charge in [0.05, 0.1) is 6.61 Å². The van der Waals surface area contributed by atoms with Gasteiger partial charge in [-0.15, -0.1) is 10.2 Å². The Morgan fingerprint density at radius 3 is 2.72 bits per heavy atom. The molecule has 0 bridgehead atoms. The van der Waals surface area contributed by atoms with Crippen LogP contribution in [0.15, 0.2) is 41.0 Å². The van der Waals surface area contributed by atoms with Crippen molar-refractivity contribution >= 4 is 34.4 Å². The number of aromatic nitrogens is 2. The number of amides is 1. The average molecular weight is 360 g/mol. The van der Waals surface area contributed by atoms with Crippen molar-refractivity contribution in [3.05, 3.63) is 52.4 Å². The van der Waals surface area contributed by atoms with Crippen LogP contribution < -0.4 is 5.32 Å². The molecule has 128 valence electrons. The fraction of sp³-hybridized carbons (Fsp3) is 0.188. The molecule has 7 nitrogen and oxygen atoms in total. The van der Waals surface area contributed by atoms with Gasteiger partial charge in [-0.1, -0.05) is 23.5 Å². The van der Waals surface area contributed by atoms with E-state index in [-0.39, 0.29) is 18.1 Å². The largest absolute Gasteiger partial charge is 0.360 e. The maximum Gasteiger partial charge on any atom is 0.276 e. The van der Waals surface area contributed by atoms with E-state index in [1.54, 1.807) is 19.1 Å². The van der Waals surface area contributed by atoms with Gasteiger partial charge < -0.3 is 4.74 Å². The summed E-state index contributed by atoms with van der Waals surface area (Å²) in [4.78, 5) is 28.1. The van der Waals surface area contributed by atoms with Crippen molar-refractivity contribution in [3.8, 4) is 0 Å². The van der Waals surface area contributed by atoms with Crippen molar-refractivity contribution in [1.29, 1.82) is 0 Å². The molecular formula is C16H13FN4O3S. The molecule has 2 heterocycles. The minimum Gasteiger partial charge on any atom is -0.360 e. The van der Waals surface area contributed by atoms with E-state index in [9.17, 15) is 14.0 Å². The second kappa shape index (κ2) is 7.41. The first-order valence-electron chi connectivity index (χ1n) is 7.28. The lowest BCUT2D eigenvalue weighted by atomic mass is 10.1. The van der Waals surface area contributed by atoms with Gasteiger partial charge in [0.1, 0.15) is 16.5 Å². The molecule has 1 aromatic carbocycles. The van der Waals surface area contributed by atoms with Gasteiger partial charge in [-0.2, -0.15) is 0 Å². The number of anilines is 1. The first-order valence-corrected chi connectivity index (χ1v) is 8.10. The molecule has 25 heavy (non-hydrogen) atoms. The smallest absolute Gasteiger partial charge is 0.276 e. The Hall–Kier alpha value is -2.78. The van der Waals surface area contributed by atoms with Crippen LogP contribution in [-0.2, 0) is 20.9 Å². The van der Waals surface area contributed by atoms with Gasteiger partial charge in [0, 0.05) is 12.3 Å². The summed E-state index contributed by atoms with van der Waals surface area (Å²) in [6.07, 6.45) is 1.51. The molecule has 2 aromatic rings. The monoisotopic (exact) mass is 360 g/mol. The number of aliphatic imine (C=N–C) groups is 1. The number of rotatable bonds is 5. The van der Waals surface area contributed by atoms with Crippen molar-refractivity contribution in [2.24, 2.45) is 4.99 Å². The van der Waals surface area contributed by atoms with Crippen LogP contribution in [0.5, 0.6) is 0 Å². The van der Waals surface area contributed by atoms with Crippen molar-refractivity contribution in [2.75, 3.05) is 5.32 Å². The van der Waals surface area contributed by atoms with E-state index in [0.717, 1.165) is 11.6 Å². The Morgan fingerprint density at radius 2 is 2.08 bits per heavy atom. The molecule has 3 rings (SSSR count). The number of ketones is 1. The average Bonchev–Trinajstić information content (AvgIpc) is 3.00. The van der Waals surface area contributed by atoms with E-state index in [1.165, 1.54) is 29.7 Å². The van der Waals surface area contributed by atoms with Crippen molar-refractivity contribution < 1.29 is 18.7 Å². The van der Waals surface area contributed by atoms with Gasteiger partial charge >= 0.3 is 0 Å². The van der Waals surface area contributed by atoms with E-state index in [0.29, 0.717) is 10.1 Å². The number of hydrogen-bond donors (Lipinski definition) is 1. The topological polar surface area (TPSA) is 93.5 Å². The molecule has 9 heteroatoms. The molecule has 1 atom stereocenters. The predicted molar refractivity (Wildman–Crippen MR) is 89.8 cm³/mol. The molecule has 1 aromatic heterocycles. The lowest BCUT2D eigenvalue weighted by Gasteiger charge is -2.15. The molecule has 0 saturated carbocycles. The Bertz CT molecular complexity index is 861. The molecule has 0 saturated heterocycles. The maximum atomic E-state index is 12.9. The van der Waals surface area contributed by atoms with E-state index in [1.807, 2.05) is 0 Å². The Morgan fingerprint density at radius 1 is 1.32 bits per heavy atom. The van der Waals surface area contributed by atoms with E-state index in [4.69, 9.17) is 4.74 Å². The fourth-order valence-electron chi connectivity index (χ4n) is 2.00. The normalized spacial score (nSPS) is 16.6.